The molecule has 0 radical (unpaired) electrons. The summed E-state index contributed by atoms with van der Waals surface area (Å²) in [6.45, 7) is 12.7. The molecule has 0 amide bonds. The maximum atomic E-state index is 3.53. The van der Waals surface area contributed by atoms with Crippen LogP contribution in [0.1, 0.15) is 34.1 Å². The van der Waals surface area contributed by atoms with E-state index in [0.29, 0.717) is 11.6 Å². The molecule has 72 valence electrons. The first-order valence-corrected chi connectivity index (χ1v) is 5.02. The smallest absolute Gasteiger partial charge is 0.0193 e. The molecule has 0 aromatic rings. The van der Waals surface area contributed by atoms with Gasteiger partial charge in [0.25, 0.3) is 0 Å². The number of piperazine rings is 1. The fourth-order valence-electron chi connectivity index (χ4n) is 1.71. The van der Waals surface area contributed by atoms with Crippen molar-refractivity contribution < 1.29 is 0 Å². The third kappa shape index (κ3) is 2.46. The van der Waals surface area contributed by atoms with Gasteiger partial charge in [0.15, 0.2) is 0 Å². The lowest BCUT2D eigenvalue weighted by Crippen LogP contribution is -2.56. The van der Waals surface area contributed by atoms with Gasteiger partial charge in [0.05, 0.1) is 0 Å². The van der Waals surface area contributed by atoms with Gasteiger partial charge in [-0.05, 0) is 27.2 Å². The Bertz CT molecular complexity index is 137. The van der Waals surface area contributed by atoms with Gasteiger partial charge in [-0.15, -0.1) is 0 Å². The van der Waals surface area contributed by atoms with E-state index in [9.17, 15) is 0 Å². The standard InChI is InChI=1S/C10H22N2/c1-5-9-8-12(7-6-11-9)10(2,3)4/h9,11H,5-8H2,1-4H3. The molecule has 1 atom stereocenters. The fourth-order valence-corrected chi connectivity index (χ4v) is 1.71. The van der Waals surface area contributed by atoms with E-state index in [1.165, 1.54) is 19.5 Å². The fraction of sp³-hybridized carbons (Fsp3) is 1.00. The number of rotatable bonds is 1. The van der Waals surface area contributed by atoms with E-state index in [4.69, 9.17) is 0 Å². The van der Waals surface area contributed by atoms with Crippen molar-refractivity contribution in [3.63, 3.8) is 0 Å². The largest absolute Gasteiger partial charge is 0.311 e. The van der Waals surface area contributed by atoms with Gasteiger partial charge >= 0.3 is 0 Å². The molecule has 1 aliphatic rings. The molecule has 0 aliphatic carbocycles. The summed E-state index contributed by atoms with van der Waals surface area (Å²) >= 11 is 0. The summed E-state index contributed by atoms with van der Waals surface area (Å²) in [7, 11) is 0. The van der Waals surface area contributed by atoms with E-state index in [1.807, 2.05) is 0 Å². The van der Waals surface area contributed by atoms with Gasteiger partial charge in [0.1, 0.15) is 0 Å². The topological polar surface area (TPSA) is 15.3 Å². The van der Waals surface area contributed by atoms with Crippen LogP contribution >= 0.6 is 0 Å². The first-order valence-electron chi connectivity index (χ1n) is 5.02. The highest BCUT2D eigenvalue weighted by Gasteiger charge is 2.26. The Balaban J connectivity index is 2.46. The van der Waals surface area contributed by atoms with Crippen molar-refractivity contribution >= 4 is 0 Å². The van der Waals surface area contributed by atoms with Gasteiger partial charge in [0.2, 0.25) is 0 Å². The Labute approximate surface area is 76.3 Å². The molecular weight excluding hydrogens is 148 g/mol. The highest BCUT2D eigenvalue weighted by atomic mass is 15.2. The summed E-state index contributed by atoms with van der Waals surface area (Å²) in [5.41, 5.74) is 0.343. The average molecular weight is 170 g/mol. The molecule has 1 aliphatic heterocycles. The maximum absolute atomic E-state index is 3.53. The monoisotopic (exact) mass is 170 g/mol. The molecule has 1 fully saturated rings. The van der Waals surface area contributed by atoms with E-state index < -0.39 is 0 Å². The van der Waals surface area contributed by atoms with Gasteiger partial charge in [-0.2, -0.15) is 0 Å². The third-order valence-electron chi connectivity index (χ3n) is 2.70. The number of hydrogen-bond donors (Lipinski definition) is 1. The van der Waals surface area contributed by atoms with Crippen LogP contribution in [-0.2, 0) is 0 Å². The van der Waals surface area contributed by atoms with Crippen LogP contribution in [0, 0.1) is 0 Å². The average Bonchev–Trinajstić information content (AvgIpc) is 2.03. The lowest BCUT2D eigenvalue weighted by Gasteiger charge is -2.41. The summed E-state index contributed by atoms with van der Waals surface area (Å²) in [6.07, 6.45) is 1.24. The normalized spacial score (nSPS) is 27.5. The van der Waals surface area contributed by atoms with Crippen molar-refractivity contribution in [2.75, 3.05) is 19.6 Å². The van der Waals surface area contributed by atoms with E-state index in [-0.39, 0.29) is 0 Å². The van der Waals surface area contributed by atoms with Gasteiger partial charge in [0, 0.05) is 31.2 Å². The van der Waals surface area contributed by atoms with E-state index in [1.54, 1.807) is 0 Å². The molecule has 12 heavy (non-hydrogen) atoms. The summed E-state index contributed by atoms with van der Waals surface area (Å²) in [5, 5.41) is 3.53. The predicted molar refractivity (Wildman–Crippen MR) is 53.4 cm³/mol. The zero-order chi connectivity index (χ0) is 9.19. The van der Waals surface area contributed by atoms with Crippen molar-refractivity contribution in [3.05, 3.63) is 0 Å². The second-order valence-electron chi connectivity index (χ2n) is 4.68. The molecule has 1 unspecified atom stereocenters. The summed E-state index contributed by atoms with van der Waals surface area (Å²) in [5.74, 6) is 0. The number of hydrogen-bond acceptors (Lipinski definition) is 2. The van der Waals surface area contributed by atoms with Crippen LogP contribution in [0.15, 0.2) is 0 Å². The van der Waals surface area contributed by atoms with Crippen LogP contribution in [0.5, 0.6) is 0 Å². The highest BCUT2D eigenvalue weighted by molar-refractivity contribution is 4.85. The minimum absolute atomic E-state index is 0.343. The first-order chi connectivity index (χ1) is 5.54. The molecule has 1 saturated heterocycles. The van der Waals surface area contributed by atoms with Crippen LogP contribution in [0.2, 0.25) is 0 Å². The Hall–Kier alpha value is -0.0800. The van der Waals surface area contributed by atoms with Crippen molar-refractivity contribution in [2.24, 2.45) is 0 Å². The van der Waals surface area contributed by atoms with Crippen molar-refractivity contribution in [1.82, 2.24) is 10.2 Å². The van der Waals surface area contributed by atoms with Gasteiger partial charge in [-0.3, -0.25) is 4.90 Å². The second kappa shape index (κ2) is 3.75. The lowest BCUT2D eigenvalue weighted by atomic mass is 10.0. The Morgan fingerprint density at radius 2 is 2.08 bits per heavy atom. The van der Waals surface area contributed by atoms with Gasteiger partial charge in [-0.25, -0.2) is 0 Å². The van der Waals surface area contributed by atoms with Crippen LogP contribution in [-0.4, -0.2) is 36.1 Å². The quantitative estimate of drug-likeness (QED) is 0.641. The van der Waals surface area contributed by atoms with E-state index in [2.05, 4.69) is 37.9 Å². The van der Waals surface area contributed by atoms with Crippen molar-refractivity contribution in [2.45, 2.75) is 45.7 Å². The van der Waals surface area contributed by atoms with Crippen LogP contribution in [0.25, 0.3) is 0 Å². The van der Waals surface area contributed by atoms with Crippen LogP contribution in [0.3, 0.4) is 0 Å². The minimum Gasteiger partial charge on any atom is -0.311 e. The Morgan fingerprint density at radius 3 is 2.58 bits per heavy atom. The lowest BCUT2D eigenvalue weighted by molar-refractivity contribution is 0.0947. The zero-order valence-corrected chi connectivity index (χ0v) is 8.85. The summed E-state index contributed by atoms with van der Waals surface area (Å²) < 4.78 is 0. The highest BCUT2D eigenvalue weighted by Crippen LogP contribution is 2.15. The number of nitrogens with one attached hydrogen (secondary N) is 1. The third-order valence-corrected chi connectivity index (χ3v) is 2.70. The molecule has 0 aromatic heterocycles. The Morgan fingerprint density at radius 1 is 1.42 bits per heavy atom. The zero-order valence-electron chi connectivity index (χ0n) is 8.85. The maximum Gasteiger partial charge on any atom is 0.0193 e. The SMILES string of the molecule is CCC1CN(C(C)(C)C)CCN1. The summed E-state index contributed by atoms with van der Waals surface area (Å²) in [6, 6.07) is 0.706. The van der Waals surface area contributed by atoms with Crippen molar-refractivity contribution in [1.29, 1.82) is 0 Å². The number of nitrogens with zero attached hydrogens (tertiary/aromatic N) is 1. The molecule has 1 heterocycles. The van der Waals surface area contributed by atoms with Gasteiger partial charge in [-0.1, -0.05) is 6.92 Å². The molecule has 1 N–H and O–H groups in total. The Kier molecular flexibility index (Phi) is 3.13. The molecule has 2 heteroatoms. The van der Waals surface area contributed by atoms with E-state index >= 15 is 0 Å². The molecular formula is C10H22N2. The molecule has 0 aromatic carbocycles. The first kappa shape index (κ1) is 10.0. The van der Waals surface area contributed by atoms with Crippen LogP contribution in [0.4, 0.5) is 0 Å². The van der Waals surface area contributed by atoms with E-state index in [0.717, 1.165) is 6.54 Å². The van der Waals surface area contributed by atoms with Crippen molar-refractivity contribution in [3.8, 4) is 0 Å². The predicted octanol–water partition coefficient (Wildman–Crippen LogP) is 1.47. The summed E-state index contributed by atoms with van der Waals surface area (Å²) in [4.78, 5) is 2.57. The molecule has 0 saturated carbocycles. The second-order valence-corrected chi connectivity index (χ2v) is 4.68. The molecule has 2 nitrogen and oxygen atoms in total. The molecule has 0 spiro atoms. The molecule has 0 bridgehead atoms. The van der Waals surface area contributed by atoms with Gasteiger partial charge < -0.3 is 5.32 Å². The molecule has 1 rings (SSSR count). The minimum atomic E-state index is 0.343. The van der Waals surface area contributed by atoms with Crippen LogP contribution < -0.4 is 5.32 Å².